The number of rotatable bonds is 5. The average Bonchev–Trinajstić information content (AvgIpc) is 2.75. The minimum absolute atomic E-state index is 0.324. The van der Waals surface area contributed by atoms with E-state index in [1.807, 2.05) is 24.6 Å². The van der Waals surface area contributed by atoms with Crippen molar-refractivity contribution in [3.8, 4) is 5.75 Å². The summed E-state index contributed by atoms with van der Waals surface area (Å²) in [5.74, 6) is 0.00239. The number of ether oxygens (including phenoxy) is 1. The van der Waals surface area contributed by atoms with Crippen molar-refractivity contribution in [1.29, 1.82) is 0 Å². The SMILES string of the molecule is CNCc1cccc(F)c1OCc1sccc1Br. The van der Waals surface area contributed by atoms with Gasteiger partial charge < -0.3 is 10.1 Å². The molecule has 1 aromatic heterocycles. The Hall–Kier alpha value is -0.910. The summed E-state index contributed by atoms with van der Waals surface area (Å²) in [6, 6.07) is 6.92. The number of benzene rings is 1. The summed E-state index contributed by atoms with van der Waals surface area (Å²) >= 11 is 5.02. The summed E-state index contributed by atoms with van der Waals surface area (Å²) in [6.07, 6.45) is 0. The van der Waals surface area contributed by atoms with Gasteiger partial charge in [0.15, 0.2) is 11.6 Å². The summed E-state index contributed by atoms with van der Waals surface area (Å²) in [6.45, 7) is 0.953. The smallest absolute Gasteiger partial charge is 0.165 e. The highest BCUT2D eigenvalue weighted by molar-refractivity contribution is 9.10. The molecule has 0 saturated carbocycles. The molecule has 0 atom stereocenters. The molecule has 0 spiro atoms. The van der Waals surface area contributed by atoms with Crippen molar-refractivity contribution in [3.05, 3.63) is 50.4 Å². The summed E-state index contributed by atoms with van der Waals surface area (Å²) in [7, 11) is 1.82. The topological polar surface area (TPSA) is 21.3 Å². The molecular weight excluding hydrogens is 317 g/mol. The van der Waals surface area contributed by atoms with Crippen LogP contribution in [0, 0.1) is 5.82 Å². The summed E-state index contributed by atoms with van der Waals surface area (Å²) in [5, 5.41) is 4.97. The molecule has 0 radical (unpaired) electrons. The number of nitrogens with one attached hydrogen (secondary N) is 1. The summed E-state index contributed by atoms with van der Waals surface area (Å²) in [5.41, 5.74) is 0.824. The van der Waals surface area contributed by atoms with E-state index in [1.54, 1.807) is 17.4 Å². The van der Waals surface area contributed by atoms with E-state index in [-0.39, 0.29) is 5.82 Å². The Kier molecular flexibility index (Phi) is 4.74. The van der Waals surface area contributed by atoms with Gasteiger partial charge in [0.2, 0.25) is 0 Å². The molecule has 0 fully saturated rings. The average molecular weight is 330 g/mol. The van der Waals surface area contributed by atoms with E-state index in [2.05, 4.69) is 21.2 Å². The van der Waals surface area contributed by atoms with Crippen LogP contribution in [0.3, 0.4) is 0 Å². The number of halogens is 2. The molecule has 2 nitrogen and oxygen atoms in total. The van der Waals surface area contributed by atoms with E-state index in [0.717, 1.165) is 14.9 Å². The highest BCUT2D eigenvalue weighted by atomic mass is 79.9. The molecule has 18 heavy (non-hydrogen) atoms. The lowest BCUT2D eigenvalue weighted by Crippen LogP contribution is -2.08. The Morgan fingerprint density at radius 1 is 1.39 bits per heavy atom. The van der Waals surface area contributed by atoms with Gasteiger partial charge in [0.1, 0.15) is 6.61 Å². The van der Waals surface area contributed by atoms with Crippen molar-refractivity contribution in [1.82, 2.24) is 5.32 Å². The first-order valence-corrected chi connectivity index (χ1v) is 7.16. The Morgan fingerprint density at radius 2 is 2.22 bits per heavy atom. The first kappa shape index (κ1) is 13.5. The maximum absolute atomic E-state index is 13.7. The van der Waals surface area contributed by atoms with Crippen molar-refractivity contribution in [2.45, 2.75) is 13.2 Å². The van der Waals surface area contributed by atoms with Gasteiger partial charge in [0.25, 0.3) is 0 Å². The van der Waals surface area contributed by atoms with Gasteiger partial charge in [-0.05, 0) is 40.5 Å². The van der Waals surface area contributed by atoms with E-state index >= 15 is 0 Å². The van der Waals surface area contributed by atoms with Gasteiger partial charge in [0.05, 0.1) is 4.88 Å². The molecule has 5 heteroatoms. The van der Waals surface area contributed by atoms with Crippen LogP contribution < -0.4 is 10.1 Å². The highest BCUT2D eigenvalue weighted by Gasteiger charge is 2.10. The molecule has 0 aliphatic heterocycles. The van der Waals surface area contributed by atoms with Crippen LogP contribution in [-0.2, 0) is 13.2 Å². The van der Waals surface area contributed by atoms with Crippen LogP contribution in [0.5, 0.6) is 5.75 Å². The number of thiophene rings is 1. The molecule has 0 aliphatic rings. The maximum atomic E-state index is 13.7. The standard InChI is InChI=1S/C13H13BrFNOS/c1-16-7-9-3-2-4-11(15)13(9)17-8-12-10(14)5-6-18-12/h2-6,16H,7-8H2,1H3. The van der Waals surface area contributed by atoms with Crippen LogP contribution in [0.2, 0.25) is 0 Å². The van der Waals surface area contributed by atoms with E-state index in [9.17, 15) is 4.39 Å². The second kappa shape index (κ2) is 6.31. The van der Waals surface area contributed by atoms with Crippen LogP contribution in [0.15, 0.2) is 34.1 Å². The molecule has 0 unspecified atom stereocenters. The Balaban J connectivity index is 2.15. The zero-order valence-corrected chi connectivity index (χ0v) is 12.3. The Bertz CT molecular complexity index is 529. The number of para-hydroxylation sites is 1. The molecule has 0 bridgehead atoms. The van der Waals surface area contributed by atoms with Crippen molar-refractivity contribution in [2.24, 2.45) is 0 Å². The molecular formula is C13H13BrFNOS. The lowest BCUT2D eigenvalue weighted by Gasteiger charge is -2.11. The first-order valence-electron chi connectivity index (χ1n) is 5.49. The van der Waals surface area contributed by atoms with E-state index in [4.69, 9.17) is 4.74 Å². The number of hydrogen-bond donors (Lipinski definition) is 1. The van der Waals surface area contributed by atoms with E-state index in [1.165, 1.54) is 6.07 Å². The molecule has 2 aromatic rings. The van der Waals surface area contributed by atoms with E-state index < -0.39 is 0 Å². The normalized spacial score (nSPS) is 10.6. The van der Waals surface area contributed by atoms with Gasteiger partial charge in [0, 0.05) is 16.6 Å². The molecule has 96 valence electrons. The zero-order valence-electron chi connectivity index (χ0n) is 9.87. The monoisotopic (exact) mass is 329 g/mol. The minimum Gasteiger partial charge on any atom is -0.485 e. The van der Waals surface area contributed by atoms with Crippen molar-refractivity contribution in [2.75, 3.05) is 7.05 Å². The lowest BCUT2D eigenvalue weighted by atomic mass is 10.2. The highest BCUT2D eigenvalue weighted by Crippen LogP contribution is 2.27. The molecule has 0 saturated heterocycles. The third-order valence-electron chi connectivity index (χ3n) is 2.45. The van der Waals surface area contributed by atoms with Gasteiger partial charge in [-0.2, -0.15) is 0 Å². The summed E-state index contributed by atoms with van der Waals surface area (Å²) in [4.78, 5) is 1.05. The predicted molar refractivity (Wildman–Crippen MR) is 75.5 cm³/mol. The fraction of sp³-hybridized carbons (Fsp3) is 0.231. The minimum atomic E-state index is -0.324. The zero-order chi connectivity index (χ0) is 13.0. The second-order valence-electron chi connectivity index (χ2n) is 3.74. The number of hydrogen-bond acceptors (Lipinski definition) is 3. The fourth-order valence-corrected chi connectivity index (χ4v) is 2.99. The molecule has 1 aromatic carbocycles. The molecule has 1 N–H and O–H groups in total. The van der Waals surface area contributed by atoms with Gasteiger partial charge in [-0.3, -0.25) is 0 Å². The van der Waals surface area contributed by atoms with Crippen LogP contribution in [0.1, 0.15) is 10.4 Å². The van der Waals surface area contributed by atoms with Gasteiger partial charge in [-0.25, -0.2) is 4.39 Å². The van der Waals surface area contributed by atoms with Crippen LogP contribution in [-0.4, -0.2) is 7.05 Å². The molecule has 1 heterocycles. The van der Waals surface area contributed by atoms with Crippen LogP contribution in [0.4, 0.5) is 4.39 Å². The Morgan fingerprint density at radius 3 is 2.89 bits per heavy atom. The molecule has 2 rings (SSSR count). The van der Waals surface area contributed by atoms with Gasteiger partial charge in [-0.15, -0.1) is 11.3 Å². The molecule has 0 amide bonds. The van der Waals surface area contributed by atoms with Crippen LogP contribution >= 0.6 is 27.3 Å². The first-order chi connectivity index (χ1) is 8.72. The third kappa shape index (κ3) is 3.10. The van der Waals surface area contributed by atoms with Crippen molar-refractivity contribution < 1.29 is 9.13 Å². The van der Waals surface area contributed by atoms with Gasteiger partial charge >= 0.3 is 0 Å². The lowest BCUT2D eigenvalue weighted by molar-refractivity contribution is 0.289. The van der Waals surface area contributed by atoms with E-state index in [0.29, 0.717) is 18.9 Å². The van der Waals surface area contributed by atoms with Crippen molar-refractivity contribution in [3.63, 3.8) is 0 Å². The molecule has 0 aliphatic carbocycles. The summed E-state index contributed by atoms with van der Waals surface area (Å²) < 4.78 is 20.4. The van der Waals surface area contributed by atoms with Crippen LogP contribution in [0.25, 0.3) is 0 Å². The van der Waals surface area contributed by atoms with Gasteiger partial charge in [-0.1, -0.05) is 12.1 Å². The predicted octanol–water partition coefficient (Wildman–Crippen LogP) is 3.95. The fourth-order valence-electron chi connectivity index (χ4n) is 1.61. The van der Waals surface area contributed by atoms with Crippen molar-refractivity contribution >= 4 is 27.3 Å². The largest absolute Gasteiger partial charge is 0.485 e. The quantitative estimate of drug-likeness (QED) is 0.896. The second-order valence-corrected chi connectivity index (χ2v) is 5.59. The third-order valence-corrected chi connectivity index (χ3v) is 4.35. The Labute approximate surface area is 118 Å². The maximum Gasteiger partial charge on any atom is 0.165 e.